The fourth-order valence-corrected chi connectivity index (χ4v) is 4.22. The van der Waals surface area contributed by atoms with E-state index in [1.807, 2.05) is 11.6 Å². The summed E-state index contributed by atoms with van der Waals surface area (Å²) in [5, 5.41) is 14.0. The smallest absolute Gasteiger partial charge is 0.313 e. The molecule has 0 radical (unpaired) electrons. The molecular formula is C16H23N5O3. The third kappa shape index (κ3) is 2.40. The SMILES string of the molecule is CCn1ncnc1CN1C[C@@H]2CN(C(=O)C3CC3)C[C@]2(C(=O)O)C1. The van der Waals surface area contributed by atoms with E-state index in [-0.39, 0.29) is 17.7 Å². The number of fused-ring (bicyclic) bond motifs is 1. The van der Waals surface area contributed by atoms with Crippen LogP contribution in [0.2, 0.25) is 0 Å². The van der Waals surface area contributed by atoms with Gasteiger partial charge in [-0.15, -0.1) is 0 Å². The maximum Gasteiger partial charge on any atom is 0.313 e. The molecule has 3 aliphatic rings. The Morgan fingerprint density at radius 1 is 1.33 bits per heavy atom. The molecule has 2 saturated heterocycles. The number of likely N-dealkylation sites (tertiary alicyclic amines) is 2. The lowest BCUT2D eigenvalue weighted by atomic mass is 9.81. The van der Waals surface area contributed by atoms with Gasteiger partial charge < -0.3 is 10.0 Å². The maximum atomic E-state index is 12.3. The van der Waals surface area contributed by atoms with Crippen molar-refractivity contribution < 1.29 is 14.7 Å². The molecule has 8 nitrogen and oxygen atoms in total. The fourth-order valence-electron chi connectivity index (χ4n) is 4.22. The molecule has 1 amide bonds. The van der Waals surface area contributed by atoms with Gasteiger partial charge >= 0.3 is 5.97 Å². The molecule has 130 valence electrons. The summed E-state index contributed by atoms with van der Waals surface area (Å²) in [5.74, 6) is 0.383. The number of hydrogen-bond donors (Lipinski definition) is 1. The van der Waals surface area contributed by atoms with Crippen LogP contribution in [0.5, 0.6) is 0 Å². The highest BCUT2D eigenvalue weighted by Crippen LogP contribution is 2.45. The monoisotopic (exact) mass is 333 g/mol. The molecule has 1 N–H and O–H groups in total. The maximum absolute atomic E-state index is 12.3. The number of aliphatic carboxylic acids is 1. The van der Waals surface area contributed by atoms with Gasteiger partial charge in [0.15, 0.2) is 0 Å². The van der Waals surface area contributed by atoms with Crippen LogP contribution in [-0.4, -0.2) is 67.7 Å². The average Bonchev–Trinajstić information content (AvgIpc) is 3.05. The number of nitrogens with zero attached hydrogens (tertiary/aromatic N) is 5. The second kappa shape index (κ2) is 5.54. The summed E-state index contributed by atoms with van der Waals surface area (Å²) < 4.78 is 1.84. The van der Waals surface area contributed by atoms with Crippen LogP contribution in [0.3, 0.4) is 0 Å². The van der Waals surface area contributed by atoms with Crippen molar-refractivity contribution in [3.8, 4) is 0 Å². The molecule has 0 aromatic carbocycles. The van der Waals surface area contributed by atoms with E-state index in [1.54, 1.807) is 11.2 Å². The second-order valence-corrected chi connectivity index (χ2v) is 7.31. The van der Waals surface area contributed by atoms with Crippen LogP contribution in [-0.2, 0) is 22.7 Å². The number of carbonyl (C=O) groups is 2. The first-order valence-corrected chi connectivity index (χ1v) is 8.64. The highest BCUT2D eigenvalue weighted by atomic mass is 16.4. The first kappa shape index (κ1) is 15.6. The molecule has 8 heteroatoms. The lowest BCUT2D eigenvalue weighted by molar-refractivity contribution is -0.149. The molecule has 0 bridgehead atoms. The molecule has 24 heavy (non-hydrogen) atoms. The van der Waals surface area contributed by atoms with Crippen molar-refractivity contribution in [2.75, 3.05) is 26.2 Å². The Labute approximate surface area is 140 Å². The third-order valence-electron chi connectivity index (χ3n) is 5.70. The van der Waals surface area contributed by atoms with Gasteiger partial charge in [0.25, 0.3) is 0 Å². The van der Waals surface area contributed by atoms with E-state index in [1.165, 1.54) is 0 Å². The topological polar surface area (TPSA) is 91.6 Å². The minimum atomic E-state index is -0.832. The molecule has 2 atom stereocenters. The largest absolute Gasteiger partial charge is 0.481 e. The van der Waals surface area contributed by atoms with E-state index in [4.69, 9.17) is 0 Å². The van der Waals surface area contributed by atoms with E-state index in [9.17, 15) is 14.7 Å². The molecule has 1 aliphatic carbocycles. The highest BCUT2D eigenvalue weighted by Gasteiger charge is 2.59. The van der Waals surface area contributed by atoms with Gasteiger partial charge in [-0.05, 0) is 19.8 Å². The van der Waals surface area contributed by atoms with Crippen molar-refractivity contribution in [3.63, 3.8) is 0 Å². The van der Waals surface area contributed by atoms with E-state index >= 15 is 0 Å². The number of rotatable bonds is 5. The van der Waals surface area contributed by atoms with E-state index < -0.39 is 11.4 Å². The molecule has 2 aliphatic heterocycles. The fraction of sp³-hybridized carbons (Fsp3) is 0.750. The molecule has 1 aromatic rings. The molecule has 0 spiro atoms. The predicted octanol–water partition coefficient (Wildman–Crippen LogP) is 0.0530. The van der Waals surface area contributed by atoms with Crippen molar-refractivity contribution in [1.82, 2.24) is 24.6 Å². The minimum absolute atomic E-state index is 0.00398. The van der Waals surface area contributed by atoms with Crippen LogP contribution in [0, 0.1) is 17.3 Å². The van der Waals surface area contributed by atoms with Gasteiger partial charge in [-0.3, -0.25) is 14.5 Å². The zero-order chi connectivity index (χ0) is 16.9. The number of carboxylic acid groups (broad SMARTS) is 1. The van der Waals surface area contributed by atoms with Crippen molar-refractivity contribution in [2.24, 2.45) is 17.3 Å². The predicted molar refractivity (Wildman–Crippen MR) is 83.8 cm³/mol. The van der Waals surface area contributed by atoms with Crippen molar-refractivity contribution in [2.45, 2.75) is 32.9 Å². The van der Waals surface area contributed by atoms with Crippen LogP contribution < -0.4 is 0 Å². The van der Waals surface area contributed by atoms with Crippen molar-refractivity contribution in [3.05, 3.63) is 12.2 Å². The van der Waals surface area contributed by atoms with Gasteiger partial charge in [-0.1, -0.05) is 0 Å². The molecule has 1 aromatic heterocycles. The van der Waals surface area contributed by atoms with Crippen LogP contribution in [0.1, 0.15) is 25.6 Å². The van der Waals surface area contributed by atoms with Crippen molar-refractivity contribution in [1.29, 1.82) is 0 Å². The average molecular weight is 333 g/mol. The Morgan fingerprint density at radius 3 is 2.75 bits per heavy atom. The van der Waals surface area contributed by atoms with E-state index in [2.05, 4.69) is 15.0 Å². The van der Waals surface area contributed by atoms with Crippen LogP contribution in [0.4, 0.5) is 0 Å². The van der Waals surface area contributed by atoms with Gasteiger partial charge in [0.1, 0.15) is 17.6 Å². The molecule has 0 unspecified atom stereocenters. The molecule has 1 saturated carbocycles. The normalized spacial score (nSPS) is 29.9. The standard InChI is InChI=1S/C16H23N5O3/c1-2-21-13(17-10-18-21)7-19-5-12-6-20(14(22)11-3-4-11)9-16(12,8-19)15(23)24/h10-12H,2-9H2,1H3,(H,23,24)/t12-,16-/m1/s1. The van der Waals surface area contributed by atoms with Gasteiger partial charge in [-0.2, -0.15) is 5.10 Å². The van der Waals surface area contributed by atoms with Gasteiger partial charge in [0.05, 0.1) is 6.54 Å². The quantitative estimate of drug-likeness (QED) is 0.819. The Balaban J connectivity index is 1.48. The summed E-state index contributed by atoms with van der Waals surface area (Å²) in [6, 6.07) is 0. The van der Waals surface area contributed by atoms with E-state index in [0.717, 1.165) is 25.2 Å². The zero-order valence-electron chi connectivity index (χ0n) is 13.9. The number of hydrogen-bond acceptors (Lipinski definition) is 5. The summed E-state index contributed by atoms with van der Waals surface area (Å²) in [6.07, 6.45) is 3.45. The number of aromatic nitrogens is 3. The van der Waals surface area contributed by atoms with Gasteiger partial charge in [0.2, 0.25) is 5.91 Å². The highest BCUT2D eigenvalue weighted by molar-refractivity contribution is 5.84. The minimum Gasteiger partial charge on any atom is -0.481 e. The van der Waals surface area contributed by atoms with Crippen LogP contribution in [0.25, 0.3) is 0 Å². The summed E-state index contributed by atoms with van der Waals surface area (Å²) in [7, 11) is 0. The molecular weight excluding hydrogens is 310 g/mol. The molecule has 3 fully saturated rings. The number of aryl methyl sites for hydroxylation is 1. The van der Waals surface area contributed by atoms with Crippen LogP contribution >= 0.6 is 0 Å². The lowest BCUT2D eigenvalue weighted by Crippen LogP contribution is -2.42. The summed E-state index contributed by atoms with van der Waals surface area (Å²) >= 11 is 0. The van der Waals surface area contributed by atoms with Crippen LogP contribution in [0.15, 0.2) is 6.33 Å². The Morgan fingerprint density at radius 2 is 2.12 bits per heavy atom. The summed E-state index contributed by atoms with van der Waals surface area (Å²) in [5.41, 5.74) is -0.832. The lowest BCUT2D eigenvalue weighted by Gasteiger charge is -2.25. The molecule has 4 rings (SSSR count). The van der Waals surface area contributed by atoms with Crippen molar-refractivity contribution >= 4 is 11.9 Å². The van der Waals surface area contributed by atoms with E-state index in [0.29, 0.717) is 32.7 Å². The number of carboxylic acids is 1. The van der Waals surface area contributed by atoms with Gasteiger partial charge in [0, 0.05) is 44.6 Å². The summed E-state index contributed by atoms with van der Waals surface area (Å²) in [4.78, 5) is 32.6. The molecule has 3 heterocycles. The first-order chi connectivity index (χ1) is 11.5. The van der Waals surface area contributed by atoms with Gasteiger partial charge in [-0.25, -0.2) is 9.67 Å². The summed E-state index contributed by atoms with van der Waals surface area (Å²) in [6.45, 7) is 5.44. The first-order valence-electron chi connectivity index (χ1n) is 8.64. The Hall–Kier alpha value is -1.96. The second-order valence-electron chi connectivity index (χ2n) is 7.31. The zero-order valence-corrected chi connectivity index (χ0v) is 13.9. The number of carbonyl (C=O) groups excluding carboxylic acids is 1. The number of amides is 1. The third-order valence-corrected chi connectivity index (χ3v) is 5.70. The Kier molecular flexibility index (Phi) is 3.59. The Bertz CT molecular complexity index is 670.